The smallest absolute Gasteiger partial charge is 0.226 e. The predicted octanol–water partition coefficient (Wildman–Crippen LogP) is 2.55. The molecule has 0 unspecified atom stereocenters. The van der Waals surface area contributed by atoms with Crippen LogP contribution in [0.3, 0.4) is 0 Å². The highest BCUT2D eigenvalue weighted by atomic mass is 16.5. The van der Waals surface area contributed by atoms with Gasteiger partial charge in [-0.2, -0.15) is 0 Å². The van der Waals surface area contributed by atoms with Gasteiger partial charge in [-0.05, 0) is 37.5 Å². The number of aryl methyl sites for hydroxylation is 1. The second-order valence-corrected chi connectivity index (χ2v) is 8.32. The number of aromatic nitrogens is 4. The Morgan fingerprint density at radius 2 is 1.91 bits per heavy atom. The van der Waals surface area contributed by atoms with Crippen LogP contribution in [0.1, 0.15) is 18.4 Å². The number of hydrogen-bond acceptors (Lipinski definition) is 8. The van der Waals surface area contributed by atoms with E-state index in [1.54, 1.807) is 6.20 Å². The third-order valence-electron chi connectivity index (χ3n) is 6.10. The van der Waals surface area contributed by atoms with Crippen LogP contribution in [0.5, 0.6) is 0 Å². The van der Waals surface area contributed by atoms with Crippen molar-refractivity contribution in [1.29, 1.82) is 0 Å². The van der Waals surface area contributed by atoms with Gasteiger partial charge in [0.05, 0.1) is 19.4 Å². The van der Waals surface area contributed by atoms with Crippen molar-refractivity contribution < 1.29 is 9.53 Å². The standard InChI is InChI=1S/C23H27N7O2/c1-16-3-2-4-18(13-16)27-21-20-19(25-15-26-21)14-24-23(28-20)30-7-5-17(6-8-30)22(31)29-9-11-32-12-10-29/h2-4,13-15,17H,5-12H2,1H3,(H,25,26,27). The monoisotopic (exact) mass is 433 g/mol. The normalized spacial score (nSPS) is 17.5. The number of anilines is 3. The summed E-state index contributed by atoms with van der Waals surface area (Å²) in [5.74, 6) is 1.62. The summed E-state index contributed by atoms with van der Waals surface area (Å²) in [7, 11) is 0. The van der Waals surface area contributed by atoms with E-state index in [1.807, 2.05) is 17.0 Å². The molecule has 0 aliphatic carbocycles. The topological polar surface area (TPSA) is 96.4 Å². The molecule has 0 bridgehead atoms. The average molecular weight is 434 g/mol. The zero-order valence-corrected chi connectivity index (χ0v) is 18.2. The van der Waals surface area contributed by atoms with Crippen LogP contribution < -0.4 is 10.2 Å². The molecule has 2 fully saturated rings. The lowest BCUT2D eigenvalue weighted by atomic mass is 9.95. The lowest BCUT2D eigenvalue weighted by Gasteiger charge is -2.35. The van der Waals surface area contributed by atoms with Gasteiger partial charge in [0.1, 0.15) is 17.4 Å². The van der Waals surface area contributed by atoms with Crippen molar-refractivity contribution >= 4 is 34.4 Å². The van der Waals surface area contributed by atoms with Crippen LogP contribution in [0.25, 0.3) is 11.0 Å². The van der Waals surface area contributed by atoms with Crippen molar-refractivity contribution in [2.45, 2.75) is 19.8 Å². The van der Waals surface area contributed by atoms with E-state index in [0.29, 0.717) is 49.1 Å². The molecule has 166 valence electrons. The lowest BCUT2D eigenvalue weighted by Crippen LogP contribution is -2.47. The number of nitrogens with zero attached hydrogens (tertiary/aromatic N) is 6. The summed E-state index contributed by atoms with van der Waals surface area (Å²) in [6, 6.07) is 8.12. The molecule has 9 nitrogen and oxygen atoms in total. The number of fused-ring (bicyclic) bond motifs is 1. The Balaban J connectivity index is 1.31. The van der Waals surface area contributed by atoms with Crippen LogP contribution in [0, 0.1) is 12.8 Å². The van der Waals surface area contributed by atoms with E-state index in [4.69, 9.17) is 9.72 Å². The predicted molar refractivity (Wildman–Crippen MR) is 122 cm³/mol. The summed E-state index contributed by atoms with van der Waals surface area (Å²) in [5, 5.41) is 3.36. The zero-order valence-electron chi connectivity index (χ0n) is 18.2. The third-order valence-corrected chi connectivity index (χ3v) is 6.10. The number of nitrogens with one attached hydrogen (secondary N) is 1. The average Bonchev–Trinajstić information content (AvgIpc) is 2.84. The first-order chi connectivity index (χ1) is 15.7. The van der Waals surface area contributed by atoms with Gasteiger partial charge in [0.15, 0.2) is 5.82 Å². The van der Waals surface area contributed by atoms with Crippen LogP contribution >= 0.6 is 0 Å². The molecular weight excluding hydrogens is 406 g/mol. The van der Waals surface area contributed by atoms with Crippen LogP contribution in [0.15, 0.2) is 36.8 Å². The second kappa shape index (κ2) is 9.04. The van der Waals surface area contributed by atoms with Gasteiger partial charge >= 0.3 is 0 Å². The number of amides is 1. The fourth-order valence-corrected chi connectivity index (χ4v) is 4.32. The first-order valence-electron chi connectivity index (χ1n) is 11.1. The lowest BCUT2D eigenvalue weighted by molar-refractivity contribution is -0.140. The molecular formula is C23H27N7O2. The van der Waals surface area contributed by atoms with Crippen molar-refractivity contribution in [2.75, 3.05) is 49.6 Å². The maximum absolute atomic E-state index is 12.8. The van der Waals surface area contributed by atoms with E-state index >= 15 is 0 Å². The molecule has 1 aromatic carbocycles. The number of rotatable bonds is 4. The minimum atomic E-state index is 0.0617. The van der Waals surface area contributed by atoms with Gasteiger partial charge in [-0.1, -0.05) is 12.1 Å². The summed E-state index contributed by atoms with van der Waals surface area (Å²) in [6.07, 6.45) is 4.87. The maximum atomic E-state index is 12.8. The molecule has 32 heavy (non-hydrogen) atoms. The van der Waals surface area contributed by atoms with E-state index in [9.17, 15) is 4.79 Å². The molecule has 2 aliphatic rings. The van der Waals surface area contributed by atoms with Crippen molar-refractivity contribution in [3.05, 3.63) is 42.4 Å². The largest absolute Gasteiger partial charge is 0.378 e. The second-order valence-electron chi connectivity index (χ2n) is 8.32. The Hall–Kier alpha value is -3.33. The van der Waals surface area contributed by atoms with Gasteiger partial charge in [-0.25, -0.2) is 19.9 Å². The number of carbonyl (C=O) groups is 1. The van der Waals surface area contributed by atoms with E-state index in [-0.39, 0.29) is 11.8 Å². The Morgan fingerprint density at radius 1 is 1.09 bits per heavy atom. The molecule has 3 aromatic rings. The van der Waals surface area contributed by atoms with Crippen molar-refractivity contribution in [3.8, 4) is 0 Å². The Morgan fingerprint density at radius 3 is 2.69 bits per heavy atom. The fourth-order valence-electron chi connectivity index (χ4n) is 4.32. The molecule has 1 amide bonds. The summed E-state index contributed by atoms with van der Waals surface area (Å²) in [6.45, 7) is 6.22. The fraction of sp³-hybridized carbons (Fsp3) is 0.435. The summed E-state index contributed by atoms with van der Waals surface area (Å²) >= 11 is 0. The molecule has 0 spiro atoms. The van der Waals surface area contributed by atoms with Gasteiger partial charge in [0.25, 0.3) is 0 Å². The minimum absolute atomic E-state index is 0.0617. The van der Waals surface area contributed by atoms with Gasteiger partial charge in [-0.15, -0.1) is 0 Å². The number of hydrogen-bond donors (Lipinski definition) is 1. The number of morpholine rings is 1. The summed E-state index contributed by atoms with van der Waals surface area (Å²) in [5.41, 5.74) is 3.49. The highest BCUT2D eigenvalue weighted by molar-refractivity contribution is 5.87. The summed E-state index contributed by atoms with van der Waals surface area (Å²) < 4.78 is 5.37. The van der Waals surface area contributed by atoms with Crippen molar-refractivity contribution in [1.82, 2.24) is 24.8 Å². The van der Waals surface area contributed by atoms with Crippen LogP contribution in [-0.2, 0) is 9.53 Å². The number of piperidine rings is 1. The molecule has 0 atom stereocenters. The molecule has 1 N–H and O–H groups in total. The first-order valence-corrected chi connectivity index (χ1v) is 11.1. The Labute approximate surface area is 186 Å². The van der Waals surface area contributed by atoms with Gasteiger partial charge in [0, 0.05) is 37.8 Å². The van der Waals surface area contributed by atoms with Crippen LogP contribution in [0.4, 0.5) is 17.5 Å². The van der Waals surface area contributed by atoms with Crippen molar-refractivity contribution in [2.24, 2.45) is 5.92 Å². The van der Waals surface area contributed by atoms with E-state index in [0.717, 1.165) is 37.2 Å². The molecule has 5 rings (SSSR count). The van der Waals surface area contributed by atoms with E-state index in [1.165, 1.54) is 6.33 Å². The van der Waals surface area contributed by atoms with Crippen LogP contribution in [0.2, 0.25) is 0 Å². The molecule has 4 heterocycles. The Bertz CT molecular complexity index is 1110. The number of carbonyl (C=O) groups excluding carboxylic acids is 1. The Kier molecular flexibility index (Phi) is 5.81. The van der Waals surface area contributed by atoms with Gasteiger partial charge in [0.2, 0.25) is 11.9 Å². The molecule has 2 saturated heterocycles. The van der Waals surface area contributed by atoms with E-state index in [2.05, 4.69) is 44.2 Å². The minimum Gasteiger partial charge on any atom is -0.378 e. The van der Waals surface area contributed by atoms with Gasteiger partial charge in [-0.3, -0.25) is 4.79 Å². The molecule has 2 aliphatic heterocycles. The summed E-state index contributed by atoms with van der Waals surface area (Å²) in [4.78, 5) is 35.0. The van der Waals surface area contributed by atoms with Crippen LogP contribution in [-0.4, -0.2) is 70.1 Å². The SMILES string of the molecule is Cc1cccc(Nc2ncnc3cnc(N4CCC(C(=O)N5CCOCC5)CC4)nc23)c1. The first kappa shape index (κ1) is 20.6. The van der Waals surface area contributed by atoms with E-state index < -0.39 is 0 Å². The number of benzene rings is 1. The van der Waals surface area contributed by atoms with Gasteiger partial charge < -0.3 is 19.9 Å². The highest BCUT2D eigenvalue weighted by Gasteiger charge is 2.30. The maximum Gasteiger partial charge on any atom is 0.226 e. The zero-order chi connectivity index (χ0) is 21.9. The third kappa shape index (κ3) is 4.34. The quantitative estimate of drug-likeness (QED) is 0.671. The van der Waals surface area contributed by atoms with Crippen molar-refractivity contribution in [3.63, 3.8) is 0 Å². The molecule has 9 heteroatoms. The molecule has 0 radical (unpaired) electrons. The highest BCUT2D eigenvalue weighted by Crippen LogP contribution is 2.26. The molecule has 0 saturated carbocycles. The number of ether oxygens (including phenoxy) is 1. The molecule has 2 aromatic heterocycles.